The molecule has 1 aliphatic rings. The highest BCUT2D eigenvalue weighted by atomic mass is 32.2. The van der Waals surface area contributed by atoms with Crippen LogP contribution in [0.2, 0.25) is 0 Å². The molecule has 0 unspecified atom stereocenters. The molecule has 28 heavy (non-hydrogen) atoms. The summed E-state index contributed by atoms with van der Waals surface area (Å²) in [5.41, 5.74) is 2.45. The number of hydrogen-bond acceptors (Lipinski definition) is 4. The lowest BCUT2D eigenvalue weighted by molar-refractivity contribution is -0.113. The van der Waals surface area contributed by atoms with Crippen molar-refractivity contribution in [3.05, 3.63) is 95.4 Å². The second kappa shape index (κ2) is 8.15. The number of carbonyl (C=O) groups is 1. The van der Waals surface area contributed by atoms with E-state index in [9.17, 15) is 4.79 Å². The number of ether oxygens (including phenoxy) is 1. The topological polar surface area (TPSA) is 41.9 Å². The first kappa shape index (κ1) is 18.1. The number of nitrogens with zero attached hydrogens (tertiary/aromatic N) is 2. The van der Waals surface area contributed by atoms with Gasteiger partial charge in [0, 0.05) is 5.56 Å². The summed E-state index contributed by atoms with van der Waals surface area (Å²) >= 11 is 1.36. The van der Waals surface area contributed by atoms with Gasteiger partial charge in [-0.15, -0.1) is 0 Å². The van der Waals surface area contributed by atoms with Crippen molar-refractivity contribution in [3.8, 4) is 5.75 Å². The van der Waals surface area contributed by atoms with Crippen LogP contribution in [0.1, 0.15) is 5.56 Å². The first-order valence-corrected chi connectivity index (χ1v) is 9.64. The summed E-state index contributed by atoms with van der Waals surface area (Å²) in [6.45, 7) is 0. The molecule has 1 amide bonds. The molecule has 138 valence electrons. The SMILES string of the molecule is COc1ccccc1C=C1SC(=Nc2ccccc2)N(c2ccccc2)C1=O. The molecule has 5 heteroatoms. The van der Waals surface area contributed by atoms with Gasteiger partial charge in [-0.1, -0.05) is 54.6 Å². The van der Waals surface area contributed by atoms with E-state index in [1.54, 1.807) is 12.0 Å². The standard InChI is InChI=1S/C23H18N2O2S/c1-27-20-15-9-8-10-17(20)16-21-22(26)25(19-13-6-3-7-14-19)23(28-21)24-18-11-4-2-5-12-18/h2-16H,1H3. The van der Waals surface area contributed by atoms with Crippen molar-refractivity contribution in [2.75, 3.05) is 12.0 Å². The highest BCUT2D eigenvalue weighted by Crippen LogP contribution is 2.38. The number of hydrogen-bond donors (Lipinski definition) is 0. The van der Waals surface area contributed by atoms with Crippen molar-refractivity contribution in [1.82, 2.24) is 0 Å². The van der Waals surface area contributed by atoms with Crippen LogP contribution in [0.25, 0.3) is 6.08 Å². The molecule has 0 bridgehead atoms. The molecule has 1 saturated heterocycles. The number of aliphatic imine (C=N–C) groups is 1. The second-order valence-electron chi connectivity index (χ2n) is 6.06. The van der Waals surface area contributed by atoms with Gasteiger partial charge in [-0.2, -0.15) is 0 Å². The zero-order valence-corrected chi connectivity index (χ0v) is 16.1. The minimum absolute atomic E-state index is 0.100. The van der Waals surface area contributed by atoms with Crippen molar-refractivity contribution < 1.29 is 9.53 Å². The third kappa shape index (κ3) is 3.70. The molecule has 0 spiro atoms. The maximum atomic E-state index is 13.2. The highest BCUT2D eigenvalue weighted by molar-refractivity contribution is 8.19. The van der Waals surface area contributed by atoms with Crippen LogP contribution in [0.5, 0.6) is 5.75 Å². The maximum absolute atomic E-state index is 13.2. The molecule has 3 aromatic rings. The second-order valence-corrected chi connectivity index (χ2v) is 7.07. The van der Waals surface area contributed by atoms with Gasteiger partial charge in [0.15, 0.2) is 5.17 Å². The molecule has 1 heterocycles. The van der Waals surface area contributed by atoms with E-state index in [0.717, 1.165) is 22.7 Å². The van der Waals surface area contributed by atoms with Crippen LogP contribution in [0.4, 0.5) is 11.4 Å². The Morgan fingerprint density at radius 1 is 0.893 bits per heavy atom. The third-order valence-electron chi connectivity index (χ3n) is 4.23. The Morgan fingerprint density at radius 2 is 1.54 bits per heavy atom. The summed E-state index contributed by atoms with van der Waals surface area (Å²) < 4.78 is 5.42. The lowest BCUT2D eigenvalue weighted by Gasteiger charge is -2.15. The number of para-hydroxylation sites is 3. The minimum Gasteiger partial charge on any atom is -0.496 e. The lowest BCUT2D eigenvalue weighted by Crippen LogP contribution is -2.28. The summed E-state index contributed by atoms with van der Waals surface area (Å²) in [4.78, 5) is 20.2. The third-order valence-corrected chi connectivity index (χ3v) is 5.20. The summed E-state index contributed by atoms with van der Waals surface area (Å²) in [7, 11) is 1.62. The van der Waals surface area contributed by atoms with Crippen LogP contribution < -0.4 is 9.64 Å². The van der Waals surface area contributed by atoms with E-state index in [4.69, 9.17) is 9.73 Å². The Bertz CT molecular complexity index is 1050. The molecule has 0 radical (unpaired) electrons. The first-order chi connectivity index (χ1) is 13.8. The van der Waals surface area contributed by atoms with Crippen molar-refractivity contribution in [2.45, 2.75) is 0 Å². The number of amides is 1. The minimum atomic E-state index is -0.100. The molecular weight excluding hydrogens is 368 g/mol. The van der Waals surface area contributed by atoms with Crippen LogP contribution >= 0.6 is 11.8 Å². The molecule has 0 aromatic heterocycles. The van der Waals surface area contributed by atoms with Crippen LogP contribution in [-0.4, -0.2) is 18.2 Å². The molecular formula is C23H18N2O2S. The van der Waals surface area contributed by atoms with Gasteiger partial charge in [0.2, 0.25) is 0 Å². The number of benzene rings is 3. The Morgan fingerprint density at radius 3 is 2.25 bits per heavy atom. The number of thioether (sulfide) groups is 1. The summed E-state index contributed by atoms with van der Waals surface area (Å²) in [5, 5.41) is 0.628. The van der Waals surface area contributed by atoms with E-state index in [1.807, 2.05) is 91.0 Å². The average Bonchev–Trinajstić information content (AvgIpc) is 3.04. The molecule has 0 atom stereocenters. The Kier molecular flexibility index (Phi) is 5.26. The van der Waals surface area contributed by atoms with Gasteiger partial charge >= 0.3 is 0 Å². The van der Waals surface area contributed by atoms with Crippen LogP contribution in [0.15, 0.2) is 94.8 Å². The quantitative estimate of drug-likeness (QED) is 0.556. The number of amidine groups is 1. The number of anilines is 1. The van der Waals surface area contributed by atoms with Crippen LogP contribution in [0, 0.1) is 0 Å². The van der Waals surface area contributed by atoms with Gasteiger partial charge in [-0.25, -0.2) is 4.99 Å². The Hall–Kier alpha value is -3.31. The van der Waals surface area contributed by atoms with Crippen LogP contribution in [-0.2, 0) is 4.79 Å². The van der Waals surface area contributed by atoms with Crippen LogP contribution in [0.3, 0.4) is 0 Å². The first-order valence-electron chi connectivity index (χ1n) is 8.82. The summed E-state index contributed by atoms with van der Waals surface area (Å²) in [5.74, 6) is 0.625. The number of rotatable bonds is 4. The van der Waals surface area contributed by atoms with E-state index in [1.165, 1.54) is 11.8 Å². The molecule has 4 rings (SSSR count). The fraction of sp³-hybridized carbons (Fsp3) is 0.0435. The summed E-state index contributed by atoms with van der Waals surface area (Å²) in [6, 6.07) is 26.8. The average molecular weight is 386 g/mol. The Labute approximate surface area is 168 Å². The molecule has 0 aliphatic carbocycles. The number of carbonyl (C=O) groups excluding carboxylic acids is 1. The van der Waals surface area contributed by atoms with Gasteiger partial charge in [0.05, 0.1) is 23.4 Å². The number of methoxy groups -OCH3 is 1. The molecule has 4 nitrogen and oxygen atoms in total. The molecule has 3 aromatic carbocycles. The van der Waals surface area contributed by atoms with Gasteiger partial charge in [-0.05, 0) is 48.2 Å². The van der Waals surface area contributed by atoms with Crippen molar-refractivity contribution in [1.29, 1.82) is 0 Å². The van der Waals surface area contributed by atoms with Crippen molar-refractivity contribution in [2.24, 2.45) is 4.99 Å². The highest BCUT2D eigenvalue weighted by Gasteiger charge is 2.34. The van der Waals surface area contributed by atoms with Crippen molar-refractivity contribution in [3.63, 3.8) is 0 Å². The molecule has 1 aliphatic heterocycles. The normalized spacial score (nSPS) is 16.8. The predicted octanol–water partition coefficient (Wildman–Crippen LogP) is 5.50. The van der Waals surface area contributed by atoms with Gasteiger partial charge in [0.25, 0.3) is 5.91 Å². The smallest absolute Gasteiger partial charge is 0.271 e. The van der Waals surface area contributed by atoms with E-state index < -0.39 is 0 Å². The van der Waals surface area contributed by atoms with E-state index in [0.29, 0.717) is 10.1 Å². The maximum Gasteiger partial charge on any atom is 0.271 e. The zero-order chi connectivity index (χ0) is 19.3. The predicted molar refractivity (Wildman–Crippen MR) is 116 cm³/mol. The van der Waals surface area contributed by atoms with Gasteiger partial charge in [-0.3, -0.25) is 9.69 Å². The van der Waals surface area contributed by atoms with E-state index in [-0.39, 0.29) is 5.91 Å². The largest absolute Gasteiger partial charge is 0.496 e. The van der Waals surface area contributed by atoms with Gasteiger partial charge in [0.1, 0.15) is 5.75 Å². The fourth-order valence-electron chi connectivity index (χ4n) is 2.89. The zero-order valence-electron chi connectivity index (χ0n) is 15.3. The molecule has 0 N–H and O–H groups in total. The summed E-state index contributed by atoms with van der Waals surface area (Å²) in [6.07, 6.45) is 1.86. The monoisotopic (exact) mass is 386 g/mol. The van der Waals surface area contributed by atoms with Gasteiger partial charge < -0.3 is 4.74 Å². The molecule has 1 fully saturated rings. The lowest BCUT2D eigenvalue weighted by atomic mass is 10.2. The Balaban J connectivity index is 1.78. The van der Waals surface area contributed by atoms with E-state index in [2.05, 4.69) is 0 Å². The van der Waals surface area contributed by atoms with E-state index >= 15 is 0 Å². The fourth-order valence-corrected chi connectivity index (χ4v) is 3.89. The van der Waals surface area contributed by atoms with Crippen molar-refractivity contribution >= 4 is 40.3 Å². The molecule has 0 saturated carbocycles.